The van der Waals surface area contributed by atoms with Crippen LogP contribution in [0.5, 0.6) is 0 Å². The third-order valence-corrected chi connectivity index (χ3v) is 3.18. The van der Waals surface area contributed by atoms with Gasteiger partial charge in [-0.05, 0) is 42.8 Å². The lowest BCUT2D eigenvalue weighted by Crippen LogP contribution is -2.14. The second kappa shape index (κ2) is 5.23. The molecule has 0 aliphatic heterocycles. The topological polar surface area (TPSA) is 55.1 Å². The number of anilines is 2. The highest BCUT2D eigenvalue weighted by atomic mass is 79.9. The first kappa shape index (κ1) is 12.6. The molecule has 0 spiro atoms. The molecule has 0 radical (unpaired) electrons. The van der Waals surface area contributed by atoms with E-state index in [1.165, 1.54) is 0 Å². The largest absolute Gasteiger partial charge is 0.397 e. The second-order valence-electron chi connectivity index (χ2n) is 4.00. The molecule has 3 nitrogen and oxygen atoms in total. The Morgan fingerprint density at radius 3 is 2.44 bits per heavy atom. The molecular formula is C14H13BrN2O. The molecule has 0 heterocycles. The van der Waals surface area contributed by atoms with E-state index < -0.39 is 0 Å². The predicted molar refractivity (Wildman–Crippen MR) is 77.7 cm³/mol. The average molecular weight is 305 g/mol. The molecule has 0 aromatic heterocycles. The van der Waals surface area contributed by atoms with Crippen molar-refractivity contribution in [3.8, 4) is 0 Å². The van der Waals surface area contributed by atoms with Crippen molar-refractivity contribution in [2.75, 3.05) is 11.1 Å². The van der Waals surface area contributed by atoms with Gasteiger partial charge in [0.1, 0.15) is 0 Å². The van der Waals surface area contributed by atoms with Gasteiger partial charge in [0.05, 0.1) is 11.4 Å². The fraction of sp³-hybridized carbons (Fsp3) is 0.0714. The molecule has 0 bridgehead atoms. The summed E-state index contributed by atoms with van der Waals surface area (Å²) in [6, 6.07) is 12.7. The molecular weight excluding hydrogens is 292 g/mol. The fourth-order valence-corrected chi connectivity index (χ4v) is 1.91. The molecule has 0 fully saturated rings. The van der Waals surface area contributed by atoms with Crippen LogP contribution in [0.2, 0.25) is 0 Å². The van der Waals surface area contributed by atoms with Crippen LogP contribution in [0.3, 0.4) is 0 Å². The van der Waals surface area contributed by atoms with E-state index >= 15 is 0 Å². The van der Waals surface area contributed by atoms with Crippen molar-refractivity contribution in [2.45, 2.75) is 6.92 Å². The number of nitrogen functional groups attached to an aromatic ring is 1. The minimum Gasteiger partial charge on any atom is -0.397 e. The van der Waals surface area contributed by atoms with Gasteiger partial charge in [-0.25, -0.2) is 0 Å². The van der Waals surface area contributed by atoms with E-state index in [4.69, 9.17) is 5.73 Å². The van der Waals surface area contributed by atoms with E-state index in [1.807, 2.05) is 31.2 Å². The predicted octanol–water partition coefficient (Wildman–Crippen LogP) is 3.59. The highest BCUT2D eigenvalue weighted by Crippen LogP contribution is 2.23. The SMILES string of the molecule is Cc1cccc(N)c1NC(=O)c1ccc(Br)cc1. The van der Waals surface area contributed by atoms with Crippen LogP contribution >= 0.6 is 15.9 Å². The van der Waals surface area contributed by atoms with Crippen LogP contribution in [-0.4, -0.2) is 5.91 Å². The maximum atomic E-state index is 12.0. The molecule has 0 saturated heterocycles. The Morgan fingerprint density at radius 1 is 1.17 bits per heavy atom. The average Bonchev–Trinajstić information content (AvgIpc) is 2.34. The van der Waals surface area contributed by atoms with Crippen molar-refractivity contribution >= 4 is 33.2 Å². The van der Waals surface area contributed by atoms with Gasteiger partial charge < -0.3 is 11.1 Å². The summed E-state index contributed by atoms with van der Waals surface area (Å²) in [6.45, 7) is 1.91. The molecule has 0 unspecified atom stereocenters. The number of nitrogens with one attached hydrogen (secondary N) is 1. The molecule has 2 aromatic rings. The molecule has 3 N–H and O–H groups in total. The maximum Gasteiger partial charge on any atom is 0.255 e. The standard InChI is InChI=1S/C14H13BrN2O/c1-9-3-2-4-12(16)13(9)17-14(18)10-5-7-11(15)8-6-10/h2-8H,16H2,1H3,(H,17,18). The normalized spacial score (nSPS) is 10.1. The van der Waals surface area contributed by atoms with Crippen LogP contribution in [-0.2, 0) is 0 Å². The first-order chi connectivity index (χ1) is 8.58. The van der Waals surface area contributed by atoms with Crippen molar-refractivity contribution in [1.82, 2.24) is 0 Å². The number of carbonyl (C=O) groups excluding carboxylic acids is 1. The number of rotatable bonds is 2. The van der Waals surface area contributed by atoms with Gasteiger partial charge in [0.25, 0.3) is 5.91 Å². The molecule has 92 valence electrons. The number of amides is 1. The molecule has 2 rings (SSSR count). The zero-order chi connectivity index (χ0) is 13.1. The summed E-state index contributed by atoms with van der Waals surface area (Å²) in [5, 5.41) is 2.83. The van der Waals surface area contributed by atoms with Gasteiger partial charge in [-0.1, -0.05) is 28.1 Å². The summed E-state index contributed by atoms with van der Waals surface area (Å²) >= 11 is 3.33. The Morgan fingerprint density at radius 2 is 1.83 bits per heavy atom. The van der Waals surface area contributed by atoms with Crippen LogP contribution in [0.15, 0.2) is 46.9 Å². The molecule has 0 aliphatic rings. The minimum atomic E-state index is -0.163. The number of nitrogens with two attached hydrogens (primary N) is 1. The van der Waals surface area contributed by atoms with E-state index in [0.717, 1.165) is 10.0 Å². The van der Waals surface area contributed by atoms with Gasteiger partial charge >= 0.3 is 0 Å². The quantitative estimate of drug-likeness (QED) is 0.833. The van der Waals surface area contributed by atoms with Crippen molar-refractivity contribution in [1.29, 1.82) is 0 Å². The van der Waals surface area contributed by atoms with E-state index in [1.54, 1.807) is 18.2 Å². The second-order valence-corrected chi connectivity index (χ2v) is 4.92. The van der Waals surface area contributed by atoms with Crippen molar-refractivity contribution in [3.63, 3.8) is 0 Å². The van der Waals surface area contributed by atoms with Crippen molar-refractivity contribution in [3.05, 3.63) is 58.1 Å². The smallest absolute Gasteiger partial charge is 0.255 e. The van der Waals surface area contributed by atoms with E-state index in [9.17, 15) is 4.79 Å². The summed E-state index contributed by atoms with van der Waals surface area (Å²) in [5.74, 6) is -0.163. The van der Waals surface area contributed by atoms with Gasteiger partial charge in [-0.3, -0.25) is 4.79 Å². The van der Waals surface area contributed by atoms with Crippen molar-refractivity contribution < 1.29 is 4.79 Å². The van der Waals surface area contributed by atoms with Crippen molar-refractivity contribution in [2.24, 2.45) is 0 Å². The minimum absolute atomic E-state index is 0.163. The summed E-state index contributed by atoms with van der Waals surface area (Å²) in [6.07, 6.45) is 0. The number of carbonyl (C=O) groups is 1. The number of benzene rings is 2. The van der Waals surface area contributed by atoms with Gasteiger partial charge in [0, 0.05) is 10.0 Å². The summed E-state index contributed by atoms with van der Waals surface area (Å²) < 4.78 is 0.939. The van der Waals surface area contributed by atoms with E-state index in [2.05, 4.69) is 21.2 Å². The monoisotopic (exact) mass is 304 g/mol. The summed E-state index contributed by atoms with van der Waals surface area (Å²) in [7, 11) is 0. The Labute approximate surface area is 114 Å². The van der Waals surface area contributed by atoms with Crippen LogP contribution in [0.4, 0.5) is 11.4 Å². The Bertz CT molecular complexity index is 559. The summed E-state index contributed by atoms with van der Waals surface area (Å²) in [4.78, 5) is 12.0. The van der Waals surface area contributed by atoms with E-state index in [0.29, 0.717) is 16.9 Å². The number of hydrogen-bond donors (Lipinski definition) is 2. The van der Waals surface area contributed by atoms with Gasteiger partial charge in [-0.2, -0.15) is 0 Å². The maximum absolute atomic E-state index is 12.0. The molecule has 0 atom stereocenters. The van der Waals surface area contributed by atoms with E-state index in [-0.39, 0.29) is 5.91 Å². The fourth-order valence-electron chi connectivity index (χ4n) is 1.65. The Hall–Kier alpha value is -1.81. The van der Waals surface area contributed by atoms with Gasteiger partial charge in [-0.15, -0.1) is 0 Å². The lowest BCUT2D eigenvalue weighted by atomic mass is 10.1. The zero-order valence-electron chi connectivity index (χ0n) is 9.91. The number of aryl methyl sites for hydroxylation is 1. The lowest BCUT2D eigenvalue weighted by molar-refractivity contribution is 0.102. The molecule has 0 saturated carbocycles. The molecule has 4 heteroatoms. The lowest BCUT2D eigenvalue weighted by Gasteiger charge is -2.11. The third-order valence-electron chi connectivity index (χ3n) is 2.65. The first-order valence-corrected chi connectivity index (χ1v) is 6.29. The first-order valence-electron chi connectivity index (χ1n) is 5.50. The molecule has 2 aromatic carbocycles. The Balaban J connectivity index is 2.24. The van der Waals surface area contributed by atoms with Crippen LogP contribution in [0.1, 0.15) is 15.9 Å². The van der Waals surface area contributed by atoms with Crippen LogP contribution < -0.4 is 11.1 Å². The van der Waals surface area contributed by atoms with Crippen LogP contribution in [0, 0.1) is 6.92 Å². The highest BCUT2D eigenvalue weighted by Gasteiger charge is 2.09. The third kappa shape index (κ3) is 2.71. The molecule has 0 aliphatic carbocycles. The number of para-hydroxylation sites is 1. The van der Waals surface area contributed by atoms with Gasteiger partial charge in [0.2, 0.25) is 0 Å². The van der Waals surface area contributed by atoms with Crippen LogP contribution in [0.25, 0.3) is 0 Å². The molecule has 1 amide bonds. The number of halogens is 1. The molecule has 18 heavy (non-hydrogen) atoms. The Kier molecular flexibility index (Phi) is 3.67. The van der Waals surface area contributed by atoms with Gasteiger partial charge in [0.15, 0.2) is 0 Å². The highest BCUT2D eigenvalue weighted by molar-refractivity contribution is 9.10. The number of hydrogen-bond acceptors (Lipinski definition) is 2. The summed E-state index contributed by atoms with van der Waals surface area (Å²) in [5.41, 5.74) is 8.63. The zero-order valence-corrected chi connectivity index (χ0v) is 11.5.